The van der Waals surface area contributed by atoms with Crippen LogP contribution < -0.4 is 15.3 Å². The van der Waals surface area contributed by atoms with Crippen LogP contribution in [0.5, 0.6) is 0 Å². The Hall–Kier alpha value is -2.04. The molecular weight excluding hydrogens is 280 g/mol. The summed E-state index contributed by atoms with van der Waals surface area (Å²) in [6.45, 7) is 0. The highest BCUT2D eigenvalue weighted by molar-refractivity contribution is 5.91. The van der Waals surface area contributed by atoms with Gasteiger partial charge in [0.1, 0.15) is 0 Å². The van der Waals surface area contributed by atoms with Crippen LogP contribution in [0, 0.1) is 5.41 Å². The van der Waals surface area contributed by atoms with Gasteiger partial charge >= 0.3 is 0 Å². The van der Waals surface area contributed by atoms with E-state index in [0.717, 1.165) is 37.1 Å². The zero-order valence-corrected chi connectivity index (χ0v) is 13.2. The van der Waals surface area contributed by atoms with Crippen LogP contribution in [-0.4, -0.2) is 26.0 Å². The molecule has 0 radical (unpaired) electrons. The second-order valence-corrected chi connectivity index (χ2v) is 6.42. The molecule has 0 unspecified atom stereocenters. The zero-order chi connectivity index (χ0) is 16.2. The minimum atomic E-state index is -1.06. The molecule has 0 aromatic heterocycles. The van der Waals surface area contributed by atoms with Crippen LogP contribution in [0.1, 0.15) is 38.5 Å². The Bertz CT molecular complexity index is 531. The van der Waals surface area contributed by atoms with Gasteiger partial charge in [-0.15, -0.1) is 0 Å². The maximum Gasteiger partial charge on any atom is 0.224 e. The minimum absolute atomic E-state index is 0.0278. The fourth-order valence-electron chi connectivity index (χ4n) is 3.24. The van der Waals surface area contributed by atoms with E-state index in [1.54, 1.807) is 0 Å². The fraction of sp³-hybridized carbons (Fsp3) is 0.529. The lowest BCUT2D eigenvalue weighted by Gasteiger charge is -2.28. The lowest BCUT2D eigenvalue weighted by molar-refractivity contribution is -0.308. The van der Waals surface area contributed by atoms with Crippen molar-refractivity contribution in [2.24, 2.45) is 5.41 Å². The van der Waals surface area contributed by atoms with Crippen molar-refractivity contribution in [3.05, 3.63) is 24.3 Å². The Kier molecular flexibility index (Phi) is 5.06. The minimum Gasteiger partial charge on any atom is -0.550 e. The standard InChI is InChI=1S/C17H24N2O3/c1-19(2)14-7-5-13(6-8-14)18-15(20)11-17(12-16(21)22)9-3-4-10-17/h5-8H,3-4,9-12H2,1-2H3,(H,18,20)(H,21,22)/p-1. The number of benzene rings is 1. The number of carboxylic acid groups (broad SMARTS) is 1. The number of carbonyl (C=O) groups excluding carboxylic acids is 2. The molecule has 1 fully saturated rings. The molecule has 0 heterocycles. The van der Waals surface area contributed by atoms with E-state index in [4.69, 9.17) is 0 Å². The van der Waals surface area contributed by atoms with Crippen molar-refractivity contribution in [1.82, 2.24) is 0 Å². The number of amides is 1. The Labute approximate surface area is 131 Å². The van der Waals surface area contributed by atoms with Crippen molar-refractivity contribution in [1.29, 1.82) is 0 Å². The molecule has 1 aromatic carbocycles. The van der Waals surface area contributed by atoms with Gasteiger partial charge in [0, 0.05) is 37.9 Å². The summed E-state index contributed by atoms with van der Waals surface area (Å²) in [6.07, 6.45) is 3.76. The number of rotatable bonds is 6. The van der Waals surface area contributed by atoms with Gasteiger partial charge in [-0.3, -0.25) is 4.79 Å². The summed E-state index contributed by atoms with van der Waals surface area (Å²) in [5.41, 5.74) is 1.37. The van der Waals surface area contributed by atoms with Gasteiger partial charge < -0.3 is 20.1 Å². The number of anilines is 2. The summed E-state index contributed by atoms with van der Waals surface area (Å²) in [6, 6.07) is 7.57. The average molecular weight is 303 g/mol. The summed E-state index contributed by atoms with van der Waals surface area (Å²) in [5.74, 6) is -1.19. The second kappa shape index (κ2) is 6.81. The molecule has 0 saturated heterocycles. The summed E-state index contributed by atoms with van der Waals surface area (Å²) in [7, 11) is 3.91. The fourth-order valence-corrected chi connectivity index (χ4v) is 3.24. The smallest absolute Gasteiger partial charge is 0.224 e. The number of carboxylic acids is 1. The van der Waals surface area contributed by atoms with E-state index in [1.807, 2.05) is 43.3 Å². The van der Waals surface area contributed by atoms with Crippen LogP contribution in [0.2, 0.25) is 0 Å². The highest BCUT2D eigenvalue weighted by atomic mass is 16.4. The molecule has 1 saturated carbocycles. The lowest BCUT2D eigenvalue weighted by atomic mass is 9.79. The van der Waals surface area contributed by atoms with Crippen LogP contribution in [0.3, 0.4) is 0 Å². The van der Waals surface area contributed by atoms with Crippen molar-refractivity contribution < 1.29 is 14.7 Å². The molecule has 120 valence electrons. The first-order valence-corrected chi connectivity index (χ1v) is 7.67. The topological polar surface area (TPSA) is 72.5 Å². The second-order valence-electron chi connectivity index (χ2n) is 6.42. The summed E-state index contributed by atoms with van der Waals surface area (Å²) in [5, 5.41) is 13.8. The monoisotopic (exact) mass is 303 g/mol. The molecule has 0 aliphatic heterocycles. The molecule has 2 rings (SSSR count). The van der Waals surface area contributed by atoms with Crippen LogP contribution in [0.4, 0.5) is 11.4 Å². The summed E-state index contributed by atoms with van der Waals surface area (Å²) in [4.78, 5) is 25.2. The molecule has 5 nitrogen and oxygen atoms in total. The van der Waals surface area contributed by atoms with Crippen molar-refractivity contribution in [3.8, 4) is 0 Å². The molecule has 0 spiro atoms. The number of nitrogens with one attached hydrogen (secondary N) is 1. The van der Waals surface area contributed by atoms with E-state index in [-0.39, 0.29) is 18.7 Å². The summed E-state index contributed by atoms with van der Waals surface area (Å²) < 4.78 is 0. The Balaban J connectivity index is 1.97. The number of nitrogens with zero attached hydrogens (tertiary/aromatic N) is 1. The molecular formula is C17H23N2O3-. The SMILES string of the molecule is CN(C)c1ccc(NC(=O)CC2(CC(=O)[O-])CCCC2)cc1. The van der Waals surface area contributed by atoms with Crippen LogP contribution >= 0.6 is 0 Å². The zero-order valence-electron chi connectivity index (χ0n) is 13.2. The molecule has 0 atom stereocenters. The lowest BCUT2D eigenvalue weighted by Crippen LogP contribution is -2.33. The van der Waals surface area contributed by atoms with Gasteiger partial charge in [0.25, 0.3) is 0 Å². The molecule has 1 aromatic rings. The molecule has 5 heteroatoms. The Morgan fingerprint density at radius 2 is 1.73 bits per heavy atom. The van der Waals surface area contributed by atoms with Crippen molar-refractivity contribution in [2.45, 2.75) is 38.5 Å². The van der Waals surface area contributed by atoms with Gasteiger partial charge in [0.05, 0.1) is 0 Å². The first-order chi connectivity index (χ1) is 10.4. The number of hydrogen-bond donors (Lipinski definition) is 1. The Morgan fingerprint density at radius 3 is 2.23 bits per heavy atom. The quantitative estimate of drug-likeness (QED) is 0.869. The van der Waals surface area contributed by atoms with Gasteiger partial charge in [-0.05, 0) is 48.9 Å². The predicted octanol–water partition coefficient (Wildman–Crippen LogP) is 1.78. The Morgan fingerprint density at radius 1 is 1.14 bits per heavy atom. The highest BCUT2D eigenvalue weighted by Crippen LogP contribution is 2.44. The third-order valence-electron chi connectivity index (χ3n) is 4.39. The summed E-state index contributed by atoms with van der Waals surface area (Å²) >= 11 is 0. The van der Waals surface area contributed by atoms with Gasteiger partial charge in [-0.2, -0.15) is 0 Å². The third kappa shape index (κ3) is 4.23. The largest absolute Gasteiger partial charge is 0.550 e. The molecule has 1 amide bonds. The average Bonchev–Trinajstić information content (AvgIpc) is 2.86. The third-order valence-corrected chi connectivity index (χ3v) is 4.39. The van der Waals surface area contributed by atoms with E-state index in [9.17, 15) is 14.7 Å². The van der Waals surface area contributed by atoms with Gasteiger partial charge in [0.15, 0.2) is 0 Å². The normalized spacial score (nSPS) is 16.3. The van der Waals surface area contributed by atoms with E-state index in [2.05, 4.69) is 5.32 Å². The van der Waals surface area contributed by atoms with Gasteiger partial charge in [-0.1, -0.05) is 12.8 Å². The van der Waals surface area contributed by atoms with E-state index >= 15 is 0 Å². The molecule has 1 aliphatic carbocycles. The van der Waals surface area contributed by atoms with Gasteiger partial charge in [0.2, 0.25) is 5.91 Å². The van der Waals surface area contributed by atoms with Crippen LogP contribution in [-0.2, 0) is 9.59 Å². The van der Waals surface area contributed by atoms with Gasteiger partial charge in [-0.25, -0.2) is 0 Å². The number of hydrogen-bond acceptors (Lipinski definition) is 4. The predicted molar refractivity (Wildman–Crippen MR) is 84.5 cm³/mol. The van der Waals surface area contributed by atoms with Crippen molar-refractivity contribution in [2.75, 3.05) is 24.3 Å². The maximum atomic E-state index is 12.2. The van der Waals surface area contributed by atoms with Crippen LogP contribution in [0.25, 0.3) is 0 Å². The van der Waals surface area contributed by atoms with E-state index in [1.165, 1.54) is 0 Å². The van der Waals surface area contributed by atoms with Crippen LogP contribution in [0.15, 0.2) is 24.3 Å². The highest BCUT2D eigenvalue weighted by Gasteiger charge is 2.36. The van der Waals surface area contributed by atoms with Crippen molar-refractivity contribution in [3.63, 3.8) is 0 Å². The molecule has 1 N–H and O–H groups in total. The number of carbonyl (C=O) groups is 2. The molecule has 0 bridgehead atoms. The number of aliphatic carboxylic acids is 1. The first kappa shape index (κ1) is 16.3. The van der Waals surface area contributed by atoms with E-state index < -0.39 is 11.4 Å². The molecule has 22 heavy (non-hydrogen) atoms. The molecule has 1 aliphatic rings. The first-order valence-electron chi connectivity index (χ1n) is 7.67. The maximum absolute atomic E-state index is 12.2. The van der Waals surface area contributed by atoms with Crippen molar-refractivity contribution >= 4 is 23.3 Å². The van der Waals surface area contributed by atoms with E-state index in [0.29, 0.717) is 0 Å².